The summed E-state index contributed by atoms with van der Waals surface area (Å²) in [5.74, 6) is 0.596. The van der Waals surface area contributed by atoms with Gasteiger partial charge < -0.3 is 15.0 Å². The highest BCUT2D eigenvalue weighted by Crippen LogP contribution is 2.36. The first kappa shape index (κ1) is 19.6. The number of nitrogens with one attached hydrogen (secondary N) is 1. The van der Waals surface area contributed by atoms with Gasteiger partial charge in [-0.2, -0.15) is 0 Å². The fraction of sp³-hybridized carbons (Fsp3) is 0.208. The molecule has 0 bridgehead atoms. The minimum absolute atomic E-state index is 0.268. The maximum absolute atomic E-state index is 12.7. The summed E-state index contributed by atoms with van der Waals surface area (Å²) < 4.78 is 5.86. The quantitative estimate of drug-likeness (QED) is 0.671. The molecule has 0 fully saturated rings. The summed E-state index contributed by atoms with van der Waals surface area (Å²) in [5, 5.41) is 3.81. The van der Waals surface area contributed by atoms with Gasteiger partial charge in [0, 0.05) is 31.3 Å². The van der Waals surface area contributed by atoms with E-state index in [4.69, 9.17) is 9.72 Å². The Morgan fingerprint density at radius 2 is 2.10 bits per heavy atom. The maximum atomic E-state index is 12.7. The lowest BCUT2D eigenvalue weighted by atomic mass is 10.0. The number of likely N-dealkylation sites (N-methyl/N-ethyl adjacent to an activating group) is 1. The van der Waals surface area contributed by atoms with Crippen molar-refractivity contribution in [1.29, 1.82) is 0 Å². The molecule has 0 aliphatic carbocycles. The highest BCUT2D eigenvalue weighted by atomic mass is 16.5. The minimum Gasteiger partial charge on any atom is -0.490 e. The van der Waals surface area contributed by atoms with Gasteiger partial charge in [0.15, 0.2) is 0 Å². The first-order chi connectivity index (χ1) is 14.6. The molecule has 0 spiro atoms. The Hall–Kier alpha value is -3.67. The Labute approximate surface area is 175 Å². The van der Waals surface area contributed by atoms with E-state index in [1.54, 1.807) is 25.4 Å². The number of ether oxygens (including phenoxy) is 1. The van der Waals surface area contributed by atoms with E-state index in [0.29, 0.717) is 18.0 Å². The average molecular weight is 400 g/mol. The normalized spacial score (nSPS) is 14.0. The predicted octanol–water partition coefficient (Wildman–Crippen LogP) is 4.06. The van der Waals surface area contributed by atoms with E-state index in [2.05, 4.69) is 34.4 Å². The van der Waals surface area contributed by atoms with E-state index in [1.165, 1.54) is 0 Å². The zero-order chi connectivity index (χ0) is 21.1. The molecule has 1 aromatic heterocycles. The number of nitrogens with zero attached hydrogens (tertiary/aromatic N) is 3. The van der Waals surface area contributed by atoms with Crippen LogP contribution < -0.4 is 15.0 Å². The number of pyridine rings is 1. The van der Waals surface area contributed by atoms with E-state index < -0.39 is 0 Å². The van der Waals surface area contributed by atoms with Gasteiger partial charge in [-0.25, -0.2) is 4.98 Å². The second-order valence-electron chi connectivity index (χ2n) is 7.11. The SMILES string of the molecule is CC=C(C=NC)NC(=O)c1ccc2cccc(-c3ccc4c(c3)OCCN4C)c2n1. The number of benzene rings is 2. The summed E-state index contributed by atoms with van der Waals surface area (Å²) in [5.41, 5.74) is 4.81. The number of hydrogen-bond acceptors (Lipinski definition) is 5. The van der Waals surface area contributed by atoms with Crippen LogP contribution in [0.4, 0.5) is 5.69 Å². The van der Waals surface area contributed by atoms with Gasteiger partial charge in [0.2, 0.25) is 0 Å². The standard InChI is InChI=1S/C24H24N4O2/c1-4-18(15-25-2)26-24(29)20-10-8-16-6-5-7-19(23(16)27-20)17-9-11-21-22(14-17)30-13-12-28(21)3/h4-11,14-15H,12-13H2,1-3H3,(H,26,29). The second-order valence-corrected chi connectivity index (χ2v) is 7.11. The topological polar surface area (TPSA) is 66.8 Å². The number of aliphatic imine (C=N–C) groups is 1. The largest absolute Gasteiger partial charge is 0.490 e. The number of rotatable bonds is 4. The van der Waals surface area contributed by atoms with Gasteiger partial charge in [-0.05, 0) is 30.7 Å². The summed E-state index contributed by atoms with van der Waals surface area (Å²) in [6, 6.07) is 15.9. The van der Waals surface area contributed by atoms with E-state index in [9.17, 15) is 4.79 Å². The molecule has 3 aromatic rings. The Bertz CT molecular complexity index is 1170. The number of amides is 1. The molecule has 0 atom stereocenters. The van der Waals surface area contributed by atoms with Crippen molar-refractivity contribution in [3.8, 4) is 16.9 Å². The first-order valence-electron chi connectivity index (χ1n) is 9.88. The van der Waals surface area contributed by atoms with Crippen LogP contribution >= 0.6 is 0 Å². The molecule has 4 rings (SSSR count). The molecule has 0 saturated carbocycles. The Morgan fingerprint density at radius 3 is 2.90 bits per heavy atom. The van der Waals surface area contributed by atoms with Crippen molar-refractivity contribution in [1.82, 2.24) is 10.3 Å². The number of fused-ring (bicyclic) bond motifs is 2. The third-order valence-corrected chi connectivity index (χ3v) is 5.16. The summed E-state index contributed by atoms with van der Waals surface area (Å²) in [4.78, 5) is 23.5. The summed E-state index contributed by atoms with van der Waals surface area (Å²) in [6.45, 7) is 3.38. The van der Waals surface area contributed by atoms with Crippen LogP contribution in [0.25, 0.3) is 22.0 Å². The Kier molecular flexibility index (Phi) is 5.48. The molecule has 30 heavy (non-hydrogen) atoms. The molecule has 6 nitrogen and oxygen atoms in total. The Morgan fingerprint density at radius 1 is 1.23 bits per heavy atom. The van der Waals surface area contributed by atoms with Gasteiger partial charge in [-0.15, -0.1) is 0 Å². The lowest BCUT2D eigenvalue weighted by molar-refractivity contribution is 0.0963. The summed E-state index contributed by atoms with van der Waals surface area (Å²) in [6.07, 6.45) is 3.40. The molecule has 1 amide bonds. The molecule has 0 unspecified atom stereocenters. The zero-order valence-corrected chi connectivity index (χ0v) is 17.3. The van der Waals surface area contributed by atoms with E-state index in [-0.39, 0.29) is 5.91 Å². The smallest absolute Gasteiger partial charge is 0.274 e. The summed E-state index contributed by atoms with van der Waals surface area (Å²) in [7, 11) is 3.73. The van der Waals surface area contributed by atoms with Gasteiger partial charge in [-0.1, -0.05) is 36.4 Å². The molecule has 2 heterocycles. The number of para-hydroxylation sites is 1. The third kappa shape index (κ3) is 3.76. The van der Waals surface area contributed by atoms with Gasteiger partial charge in [0.1, 0.15) is 18.1 Å². The number of anilines is 1. The van der Waals surface area contributed by atoms with Crippen LogP contribution in [0.15, 0.2) is 65.3 Å². The average Bonchev–Trinajstić information content (AvgIpc) is 2.77. The maximum Gasteiger partial charge on any atom is 0.274 e. The fourth-order valence-corrected chi connectivity index (χ4v) is 3.55. The minimum atomic E-state index is -0.268. The lowest BCUT2D eigenvalue weighted by Crippen LogP contribution is -2.28. The molecule has 152 valence electrons. The van der Waals surface area contributed by atoms with Crippen molar-refractivity contribution in [3.05, 3.63) is 66.0 Å². The number of allylic oxidation sites excluding steroid dienone is 2. The van der Waals surface area contributed by atoms with Gasteiger partial charge in [-0.3, -0.25) is 9.79 Å². The monoisotopic (exact) mass is 400 g/mol. The van der Waals surface area contributed by atoms with Crippen molar-refractivity contribution in [2.45, 2.75) is 6.92 Å². The molecular weight excluding hydrogens is 376 g/mol. The van der Waals surface area contributed by atoms with Crippen LogP contribution in [0.2, 0.25) is 0 Å². The number of carbonyl (C=O) groups excluding carboxylic acids is 1. The highest BCUT2D eigenvalue weighted by Gasteiger charge is 2.17. The molecule has 2 aromatic carbocycles. The van der Waals surface area contributed by atoms with Crippen molar-refractivity contribution in [2.24, 2.45) is 4.99 Å². The molecule has 1 aliphatic rings. The molecule has 6 heteroatoms. The predicted molar refractivity (Wildman–Crippen MR) is 122 cm³/mol. The van der Waals surface area contributed by atoms with Crippen LogP contribution in [-0.2, 0) is 0 Å². The van der Waals surface area contributed by atoms with Crippen molar-refractivity contribution >= 4 is 28.7 Å². The summed E-state index contributed by atoms with van der Waals surface area (Å²) >= 11 is 0. The molecule has 0 radical (unpaired) electrons. The zero-order valence-electron chi connectivity index (χ0n) is 17.3. The molecule has 1 aliphatic heterocycles. The van der Waals surface area contributed by atoms with Gasteiger partial charge in [0.05, 0.1) is 23.4 Å². The lowest BCUT2D eigenvalue weighted by Gasteiger charge is -2.28. The number of aromatic nitrogens is 1. The second kappa shape index (κ2) is 8.37. The van der Waals surface area contributed by atoms with Crippen molar-refractivity contribution in [2.75, 3.05) is 32.1 Å². The van der Waals surface area contributed by atoms with E-state index >= 15 is 0 Å². The van der Waals surface area contributed by atoms with Crippen LogP contribution in [0.3, 0.4) is 0 Å². The van der Waals surface area contributed by atoms with Crippen LogP contribution in [0.5, 0.6) is 5.75 Å². The van der Waals surface area contributed by atoms with E-state index in [1.807, 2.05) is 37.3 Å². The highest BCUT2D eigenvalue weighted by molar-refractivity contribution is 6.01. The Balaban J connectivity index is 1.75. The van der Waals surface area contributed by atoms with Crippen molar-refractivity contribution < 1.29 is 9.53 Å². The van der Waals surface area contributed by atoms with Gasteiger partial charge in [0.25, 0.3) is 5.91 Å². The van der Waals surface area contributed by atoms with Crippen LogP contribution in [0, 0.1) is 0 Å². The number of hydrogen-bond donors (Lipinski definition) is 1. The van der Waals surface area contributed by atoms with Crippen LogP contribution in [-0.4, -0.2) is 44.4 Å². The van der Waals surface area contributed by atoms with Crippen molar-refractivity contribution in [3.63, 3.8) is 0 Å². The third-order valence-electron chi connectivity index (χ3n) is 5.16. The van der Waals surface area contributed by atoms with Crippen LogP contribution in [0.1, 0.15) is 17.4 Å². The first-order valence-corrected chi connectivity index (χ1v) is 9.88. The molecule has 1 N–H and O–H groups in total. The molecule has 0 saturated heterocycles. The van der Waals surface area contributed by atoms with E-state index in [0.717, 1.165) is 40.0 Å². The number of carbonyl (C=O) groups is 1. The fourth-order valence-electron chi connectivity index (χ4n) is 3.55. The van der Waals surface area contributed by atoms with Gasteiger partial charge >= 0.3 is 0 Å². The molecular formula is C24H24N4O2.